The summed E-state index contributed by atoms with van der Waals surface area (Å²) >= 11 is 5.79. The molecule has 0 saturated heterocycles. The molecule has 0 unspecified atom stereocenters. The Morgan fingerprint density at radius 2 is 2.19 bits per heavy atom. The monoisotopic (exact) mass is 239 g/mol. The molecule has 1 rings (SSSR count). The Kier molecular flexibility index (Phi) is 4.08. The Labute approximate surface area is 97.5 Å². The van der Waals surface area contributed by atoms with Gasteiger partial charge in [-0.1, -0.05) is 11.6 Å². The standard InChI is InChI=1S/C11H10ClNO3/c1-13-10-3-2-8(12)5-9(10)7(6-14)4-11(15)16/h2-6,13H,1H3,(H,15,16)/b7-4+. The molecule has 0 atom stereocenters. The zero-order valence-corrected chi connectivity index (χ0v) is 9.28. The second-order valence-electron chi connectivity index (χ2n) is 3.00. The van der Waals surface area contributed by atoms with Gasteiger partial charge in [-0.05, 0) is 18.2 Å². The molecule has 0 aliphatic heterocycles. The molecule has 4 nitrogen and oxygen atoms in total. The number of allylic oxidation sites excluding steroid dienone is 1. The Balaban J connectivity index is 3.33. The van der Waals surface area contributed by atoms with Crippen LogP contribution in [0.2, 0.25) is 5.02 Å². The molecule has 16 heavy (non-hydrogen) atoms. The fraction of sp³-hybridized carbons (Fsp3) is 0.0909. The van der Waals surface area contributed by atoms with Crippen LogP contribution in [0.4, 0.5) is 5.69 Å². The van der Waals surface area contributed by atoms with Crippen LogP contribution in [0.15, 0.2) is 24.3 Å². The lowest BCUT2D eigenvalue weighted by Gasteiger charge is -2.08. The number of aldehydes is 1. The third-order valence-electron chi connectivity index (χ3n) is 1.97. The molecule has 0 aliphatic carbocycles. The maximum atomic E-state index is 10.8. The van der Waals surface area contributed by atoms with Crippen LogP contribution in [0.5, 0.6) is 0 Å². The molecule has 1 aromatic carbocycles. The molecular weight excluding hydrogens is 230 g/mol. The lowest BCUT2D eigenvalue weighted by Crippen LogP contribution is -1.98. The normalized spacial score (nSPS) is 11.0. The minimum absolute atomic E-state index is 0.0688. The van der Waals surface area contributed by atoms with E-state index in [4.69, 9.17) is 16.7 Å². The average Bonchev–Trinajstić information content (AvgIpc) is 2.25. The van der Waals surface area contributed by atoms with Crippen molar-refractivity contribution >= 4 is 35.1 Å². The second-order valence-corrected chi connectivity index (χ2v) is 3.43. The van der Waals surface area contributed by atoms with Crippen LogP contribution in [0.3, 0.4) is 0 Å². The van der Waals surface area contributed by atoms with E-state index < -0.39 is 5.97 Å². The lowest BCUT2D eigenvalue weighted by molar-refractivity contribution is -0.131. The third-order valence-corrected chi connectivity index (χ3v) is 2.20. The molecule has 0 spiro atoms. The van der Waals surface area contributed by atoms with Crippen LogP contribution < -0.4 is 5.32 Å². The van der Waals surface area contributed by atoms with Gasteiger partial charge < -0.3 is 10.4 Å². The van der Waals surface area contributed by atoms with E-state index in [2.05, 4.69) is 5.32 Å². The molecule has 0 bridgehead atoms. The molecule has 5 heteroatoms. The predicted molar refractivity (Wildman–Crippen MR) is 62.7 cm³/mol. The Morgan fingerprint density at radius 3 is 2.69 bits per heavy atom. The highest BCUT2D eigenvalue weighted by molar-refractivity contribution is 6.31. The van der Waals surface area contributed by atoms with Crippen molar-refractivity contribution in [2.45, 2.75) is 0 Å². The van der Waals surface area contributed by atoms with E-state index in [1.54, 1.807) is 19.2 Å². The van der Waals surface area contributed by atoms with Gasteiger partial charge in [0.05, 0.1) is 0 Å². The van der Waals surface area contributed by atoms with E-state index >= 15 is 0 Å². The van der Waals surface area contributed by atoms with Gasteiger partial charge in [-0.15, -0.1) is 0 Å². The van der Waals surface area contributed by atoms with Gasteiger partial charge in [0.2, 0.25) is 0 Å². The molecule has 0 heterocycles. The van der Waals surface area contributed by atoms with E-state index in [1.807, 2.05) is 0 Å². The highest BCUT2D eigenvalue weighted by Gasteiger charge is 2.08. The van der Waals surface area contributed by atoms with Crippen LogP contribution in [-0.2, 0) is 9.59 Å². The third kappa shape index (κ3) is 2.84. The molecule has 84 valence electrons. The fourth-order valence-electron chi connectivity index (χ4n) is 1.28. The van der Waals surface area contributed by atoms with Gasteiger partial charge in [0.25, 0.3) is 0 Å². The Morgan fingerprint density at radius 1 is 1.50 bits per heavy atom. The van der Waals surface area contributed by atoms with Crippen molar-refractivity contribution in [2.75, 3.05) is 12.4 Å². The topological polar surface area (TPSA) is 66.4 Å². The van der Waals surface area contributed by atoms with Crippen molar-refractivity contribution in [3.05, 3.63) is 34.9 Å². The van der Waals surface area contributed by atoms with Gasteiger partial charge in [0.1, 0.15) is 0 Å². The van der Waals surface area contributed by atoms with E-state index in [9.17, 15) is 9.59 Å². The Bertz CT molecular complexity index is 455. The molecular formula is C11H10ClNO3. The summed E-state index contributed by atoms with van der Waals surface area (Å²) in [6.45, 7) is 0. The largest absolute Gasteiger partial charge is 0.478 e. The molecule has 0 aromatic heterocycles. The number of benzene rings is 1. The van der Waals surface area contributed by atoms with E-state index in [-0.39, 0.29) is 5.57 Å². The number of rotatable bonds is 4. The predicted octanol–water partition coefficient (Wildman–Crippen LogP) is 2.05. The number of halogens is 1. The minimum Gasteiger partial charge on any atom is -0.478 e. The van der Waals surface area contributed by atoms with Gasteiger partial charge in [-0.2, -0.15) is 0 Å². The van der Waals surface area contributed by atoms with Gasteiger partial charge in [0.15, 0.2) is 6.29 Å². The molecule has 1 aromatic rings. The van der Waals surface area contributed by atoms with Crippen molar-refractivity contribution in [3.8, 4) is 0 Å². The van der Waals surface area contributed by atoms with E-state index in [1.165, 1.54) is 6.07 Å². The first kappa shape index (κ1) is 12.3. The summed E-state index contributed by atoms with van der Waals surface area (Å²) in [5.41, 5.74) is 1.18. The van der Waals surface area contributed by atoms with Crippen molar-refractivity contribution in [2.24, 2.45) is 0 Å². The number of carboxylic acid groups (broad SMARTS) is 1. The number of carboxylic acids is 1. The summed E-state index contributed by atoms with van der Waals surface area (Å²) in [6.07, 6.45) is 1.33. The first-order chi connectivity index (χ1) is 7.58. The van der Waals surface area contributed by atoms with Crippen molar-refractivity contribution < 1.29 is 14.7 Å². The number of anilines is 1. The zero-order chi connectivity index (χ0) is 12.1. The second kappa shape index (κ2) is 5.32. The van der Waals surface area contributed by atoms with Gasteiger partial charge in [-0.3, -0.25) is 4.79 Å². The number of carbonyl (C=O) groups excluding carboxylic acids is 1. The molecule has 0 amide bonds. The van der Waals surface area contributed by atoms with Crippen molar-refractivity contribution in [1.29, 1.82) is 0 Å². The number of aliphatic carboxylic acids is 1. The summed E-state index contributed by atoms with van der Waals surface area (Å²) in [5.74, 6) is -1.18. The summed E-state index contributed by atoms with van der Waals surface area (Å²) in [7, 11) is 1.68. The molecule has 0 radical (unpaired) electrons. The maximum absolute atomic E-state index is 10.8. The fourth-order valence-corrected chi connectivity index (χ4v) is 1.45. The number of hydrogen-bond acceptors (Lipinski definition) is 3. The van der Waals surface area contributed by atoms with Crippen LogP contribution >= 0.6 is 11.6 Å². The van der Waals surface area contributed by atoms with Crippen molar-refractivity contribution in [1.82, 2.24) is 0 Å². The molecule has 2 N–H and O–H groups in total. The molecule has 0 saturated carbocycles. The maximum Gasteiger partial charge on any atom is 0.329 e. The summed E-state index contributed by atoms with van der Waals surface area (Å²) in [4.78, 5) is 21.4. The van der Waals surface area contributed by atoms with Crippen LogP contribution in [0.1, 0.15) is 5.56 Å². The quantitative estimate of drug-likeness (QED) is 0.623. The molecule has 0 aliphatic rings. The van der Waals surface area contributed by atoms with E-state index in [0.29, 0.717) is 22.6 Å². The average molecular weight is 240 g/mol. The van der Waals surface area contributed by atoms with Crippen LogP contribution in [0, 0.1) is 0 Å². The first-order valence-corrected chi connectivity index (χ1v) is 4.83. The number of nitrogens with one attached hydrogen (secondary N) is 1. The Hall–Kier alpha value is -1.81. The van der Waals surface area contributed by atoms with Gasteiger partial charge in [-0.25, -0.2) is 4.79 Å². The highest BCUT2D eigenvalue weighted by atomic mass is 35.5. The smallest absolute Gasteiger partial charge is 0.329 e. The SMILES string of the molecule is CNc1ccc(Cl)cc1/C(C=O)=C/C(=O)O. The van der Waals surface area contributed by atoms with Crippen LogP contribution in [-0.4, -0.2) is 24.4 Å². The van der Waals surface area contributed by atoms with Crippen molar-refractivity contribution in [3.63, 3.8) is 0 Å². The van der Waals surface area contributed by atoms with Gasteiger partial charge in [0, 0.05) is 35.0 Å². The number of carbonyl (C=O) groups is 2. The van der Waals surface area contributed by atoms with Gasteiger partial charge >= 0.3 is 5.97 Å². The molecule has 0 fully saturated rings. The lowest BCUT2D eigenvalue weighted by atomic mass is 10.0. The summed E-state index contributed by atoms with van der Waals surface area (Å²) in [6, 6.07) is 4.87. The van der Waals surface area contributed by atoms with E-state index in [0.717, 1.165) is 6.08 Å². The highest BCUT2D eigenvalue weighted by Crippen LogP contribution is 2.25. The zero-order valence-electron chi connectivity index (χ0n) is 8.53. The minimum atomic E-state index is -1.18. The summed E-state index contributed by atoms with van der Waals surface area (Å²) in [5, 5.41) is 11.9. The van der Waals surface area contributed by atoms with Crippen LogP contribution in [0.25, 0.3) is 5.57 Å². The first-order valence-electron chi connectivity index (χ1n) is 4.46. The number of hydrogen-bond donors (Lipinski definition) is 2. The summed E-state index contributed by atoms with van der Waals surface area (Å²) < 4.78 is 0.